The molecular weight excluding hydrogens is 431 g/mol. The second-order valence-corrected chi connectivity index (χ2v) is 8.39. The Bertz CT molecular complexity index is 581. The SMILES string of the molecule is CN=C(NCCN1CCc2sccc2C1)N1CCC2(CCC2)C1.I. The fourth-order valence-corrected chi connectivity index (χ4v) is 5.25. The summed E-state index contributed by atoms with van der Waals surface area (Å²) in [6, 6.07) is 2.29. The van der Waals surface area contributed by atoms with Gasteiger partial charge in [0.15, 0.2) is 5.96 Å². The van der Waals surface area contributed by atoms with E-state index in [0.29, 0.717) is 5.41 Å². The van der Waals surface area contributed by atoms with Crippen molar-refractivity contribution in [2.45, 2.75) is 38.6 Å². The lowest BCUT2D eigenvalue weighted by Gasteiger charge is -2.38. The van der Waals surface area contributed by atoms with E-state index in [1.165, 1.54) is 57.3 Å². The first-order valence-electron chi connectivity index (χ1n) is 9.01. The number of likely N-dealkylation sites (tertiary alicyclic amines) is 1. The molecule has 1 aromatic rings. The number of hydrogen-bond acceptors (Lipinski definition) is 3. The van der Waals surface area contributed by atoms with E-state index >= 15 is 0 Å². The minimum atomic E-state index is 0. The first kappa shape index (κ1) is 18.5. The maximum absolute atomic E-state index is 4.52. The zero-order valence-electron chi connectivity index (χ0n) is 14.6. The van der Waals surface area contributed by atoms with E-state index in [9.17, 15) is 0 Å². The average molecular weight is 460 g/mol. The minimum absolute atomic E-state index is 0. The zero-order chi connectivity index (χ0) is 15.7. The quantitative estimate of drug-likeness (QED) is 0.427. The predicted octanol–water partition coefficient (Wildman–Crippen LogP) is 3.18. The molecule has 1 spiro atoms. The van der Waals surface area contributed by atoms with Crippen LogP contribution in [0.15, 0.2) is 16.4 Å². The summed E-state index contributed by atoms with van der Waals surface area (Å²) in [6.45, 7) is 6.81. The van der Waals surface area contributed by atoms with Crippen LogP contribution in [0, 0.1) is 5.41 Å². The molecule has 24 heavy (non-hydrogen) atoms. The summed E-state index contributed by atoms with van der Waals surface area (Å²) in [5.41, 5.74) is 2.18. The highest BCUT2D eigenvalue weighted by Crippen LogP contribution is 2.47. The Morgan fingerprint density at radius 2 is 2.21 bits per heavy atom. The lowest BCUT2D eigenvalue weighted by Crippen LogP contribution is -2.45. The van der Waals surface area contributed by atoms with Gasteiger partial charge in [-0.3, -0.25) is 9.89 Å². The smallest absolute Gasteiger partial charge is 0.193 e. The van der Waals surface area contributed by atoms with E-state index in [-0.39, 0.29) is 24.0 Å². The van der Waals surface area contributed by atoms with Crippen molar-refractivity contribution in [2.24, 2.45) is 10.4 Å². The summed E-state index contributed by atoms with van der Waals surface area (Å²) in [7, 11) is 1.92. The molecule has 3 heterocycles. The number of nitrogens with zero attached hydrogens (tertiary/aromatic N) is 3. The van der Waals surface area contributed by atoms with Crippen molar-refractivity contribution in [3.05, 3.63) is 21.9 Å². The third-order valence-corrected chi connectivity index (χ3v) is 6.98. The number of fused-ring (bicyclic) bond motifs is 1. The average Bonchev–Trinajstić information content (AvgIpc) is 3.17. The Balaban J connectivity index is 0.00000169. The fraction of sp³-hybridized carbons (Fsp3) is 0.722. The monoisotopic (exact) mass is 460 g/mol. The number of hydrogen-bond donors (Lipinski definition) is 1. The Morgan fingerprint density at radius 1 is 1.33 bits per heavy atom. The van der Waals surface area contributed by atoms with Crippen LogP contribution in [-0.4, -0.2) is 55.5 Å². The van der Waals surface area contributed by atoms with Gasteiger partial charge in [0.1, 0.15) is 0 Å². The fourth-order valence-electron chi connectivity index (χ4n) is 4.36. The van der Waals surface area contributed by atoms with E-state index < -0.39 is 0 Å². The Morgan fingerprint density at radius 3 is 2.92 bits per heavy atom. The Kier molecular flexibility index (Phi) is 6.08. The van der Waals surface area contributed by atoms with Crippen LogP contribution in [0.3, 0.4) is 0 Å². The molecule has 0 radical (unpaired) electrons. The van der Waals surface area contributed by atoms with Gasteiger partial charge in [-0.1, -0.05) is 6.42 Å². The molecule has 4 rings (SSSR count). The standard InChI is InChI=1S/C18H28N4S.HI/c1-19-17(22-10-7-18(14-22)5-2-6-18)20-8-11-21-9-3-16-15(13-21)4-12-23-16;/h4,12H,2-3,5-11,13-14H2,1H3,(H,19,20);1H. The predicted molar refractivity (Wildman–Crippen MR) is 113 cm³/mol. The van der Waals surface area contributed by atoms with Crippen LogP contribution in [0.4, 0.5) is 0 Å². The van der Waals surface area contributed by atoms with Crippen LogP contribution in [0.5, 0.6) is 0 Å². The highest BCUT2D eigenvalue weighted by molar-refractivity contribution is 14.0. The van der Waals surface area contributed by atoms with E-state index in [4.69, 9.17) is 0 Å². The molecule has 134 valence electrons. The van der Waals surface area contributed by atoms with Crippen LogP contribution in [0.1, 0.15) is 36.1 Å². The molecule has 0 atom stereocenters. The van der Waals surface area contributed by atoms with Gasteiger partial charge < -0.3 is 10.2 Å². The first-order chi connectivity index (χ1) is 11.3. The van der Waals surface area contributed by atoms with Gasteiger partial charge in [-0.25, -0.2) is 0 Å². The van der Waals surface area contributed by atoms with E-state index in [1.807, 2.05) is 18.4 Å². The third-order valence-electron chi connectivity index (χ3n) is 5.96. The summed E-state index contributed by atoms with van der Waals surface area (Å²) in [6.07, 6.45) is 6.87. The summed E-state index contributed by atoms with van der Waals surface area (Å²) < 4.78 is 0. The molecule has 1 saturated carbocycles. The van der Waals surface area contributed by atoms with Crippen molar-refractivity contribution in [3.8, 4) is 0 Å². The van der Waals surface area contributed by atoms with Crippen molar-refractivity contribution in [2.75, 3.05) is 39.8 Å². The maximum Gasteiger partial charge on any atom is 0.193 e. The van der Waals surface area contributed by atoms with Crippen LogP contribution >= 0.6 is 35.3 Å². The Labute approximate surface area is 166 Å². The largest absolute Gasteiger partial charge is 0.355 e. The Hall–Kier alpha value is -0.340. The van der Waals surface area contributed by atoms with Crippen LogP contribution in [-0.2, 0) is 13.0 Å². The van der Waals surface area contributed by atoms with Gasteiger partial charge in [0.2, 0.25) is 0 Å². The van der Waals surface area contributed by atoms with Gasteiger partial charge in [-0.05, 0) is 48.1 Å². The van der Waals surface area contributed by atoms with Crippen molar-refractivity contribution in [1.29, 1.82) is 0 Å². The molecule has 4 nitrogen and oxygen atoms in total. The molecule has 1 aromatic heterocycles. The van der Waals surface area contributed by atoms with E-state index in [2.05, 4.69) is 31.6 Å². The molecule has 1 saturated heterocycles. The van der Waals surface area contributed by atoms with Gasteiger partial charge in [0, 0.05) is 51.2 Å². The van der Waals surface area contributed by atoms with Crippen LogP contribution in [0.25, 0.3) is 0 Å². The topological polar surface area (TPSA) is 30.9 Å². The number of thiophene rings is 1. The summed E-state index contributed by atoms with van der Waals surface area (Å²) >= 11 is 1.92. The normalized spacial score (nSPS) is 22.9. The van der Waals surface area contributed by atoms with Gasteiger partial charge in [0.25, 0.3) is 0 Å². The molecule has 3 aliphatic rings. The highest BCUT2D eigenvalue weighted by Gasteiger charge is 2.43. The van der Waals surface area contributed by atoms with Crippen LogP contribution in [0.2, 0.25) is 0 Å². The highest BCUT2D eigenvalue weighted by atomic mass is 127. The molecule has 2 fully saturated rings. The number of guanidine groups is 1. The second kappa shape index (κ2) is 7.91. The van der Waals surface area contributed by atoms with E-state index in [1.54, 1.807) is 4.88 Å². The molecule has 0 unspecified atom stereocenters. The van der Waals surface area contributed by atoms with Gasteiger partial charge in [0.05, 0.1) is 0 Å². The molecule has 0 aromatic carbocycles. The minimum Gasteiger partial charge on any atom is -0.355 e. The summed E-state index contributed by atoms with van der Waals surface area (Å²) in [4.78, 5) is 11.2. The zero-order valence-corrected chi connectivity index (χ0v) is 17.7. The maximum atomic E-state index is 4.52. The van der Waals surface area contributed by atoms with Gasteiger partial charge >= 0.3 is 0 Å². The van der Waals surface area contributed by atoms with Crippen molar-refractivity contribution < 1.29 is 0 Å². The number of rotatable bonds is 3. The van der Waals surface area contributed by atoms with Crippen LogP contribution < -0.4 is 5.32 Å². The first-order valence-corrected chi connectivity index (χ1v) is 9.89. The van der Waals surface area contributed by atoms with Crippen molar-refractivity contribution in [1.82, 2.24) is 15.1 Å². The summed E-state index contributed by atoms with van der Waals surface area (Å²) in [5, 5.41) is 5.83. The second-order valence-electron chi connectivity index (χ2n) is 7.39. The molecule has 0 bridgehead atoms. The molecule has 2 aliphatic heterocycles. The van der Waals surface area contributed by atoms with Crippen molar-refractivity contribution >= 4 is 41.3 Å². The van der Waals surface area contributed by atoms with E-state index in [0.717, 1.165) is 25.6 Å². The summed E-state index contributed by atoms with van der Waals surface area (Å²) in [5.74, 6) is 1.11. The lowest BCUT2D eigenvalue weighted by atomic mass is 9.68. The molecule has 1 N–H and O–H groups in total. The molecular formula is C18H29IN4S. The van der Waals surface area contributed by atoms with Crippen molar-refractivity contribution in [3.63, 3.8) is 0 Å². The third kappa shape index (κ3) is 3.75. The van der Waals surface area contributed by atoms with Gasteiger partial charge in [-0.15, -0.1) is 35.3 Å². The number of nitrogens with one attached hydrogen (secondary N) is 1. The van der Waals surface area contributed by atoms with Gasteiger partial charge in [-0.2, -0.15) is 0 Å². The lowest BCUT2D eigenvalue weighted by molar-refractivity contribution is 0.151. The molecule has 6 heteroatoms. The molecule has 0 amide bonds. The number of aliphatic imine (C=N–C) groups is 1. The molecule has 1 aliphatic carbocycles. The number of halogens is 1.